The zero-order chi connectivity index (χ0) is 17.5. The average molecular weight is 363 g/mol. The Hall–Kier alpha value is -1.75. The van der Waals surface area contributed by atoms with Crippen LogP contribution in [0.2, 0.25) is 5.02 Å². The van der Waals surface area contributed by atoms with Crippen LogP contribution in [-0.4, -0.2) is 26.4 Å². The molecule has 1 heterocycles. The van der Waals surface area contributed by atoms with Crippen molar-refractivity contribution in [2.45, 2.75) is 32.1 Å². The zero-order valence-corrected chi connectivity index (χ0v) is 15.3. The van der Waals surface area contributed by atoms with Gasteiger partial charge in [0.25, 0.3) is 0 Å². The number of methoxy groups -OCH3 is 1. The highest BCUT2D eigenvalue weighted by atomic mass is 35.5. The van der Waals surface area contributed by atoms with E-state index in [0.29, 0.717) is 17.7 Å². The number of halogens is 1. The van der Waals surface area contributed by atoms with E-state index < -0.39 is 0 Å². The molecule has 0 saturated carbocycles. The van der Waals surface area contributed by atoms with Crippen molar-refractivity contribution < 1.29 is 19.5 Å². The van der Waals surface area contributed by atoms with Gasteiger partial charge in [-0.3, -0.25) is 0 Å². The Labute approximate surface area is 154 Å². The third-order valence-corrected chi connectivity index (χ3v) is 4.80. The monoisotopic (exact) mass is 362 g/mol. The van der Waals surface area contributed by atoms with Crippen LogP contribution in [0.25, 0.3) is 0 Å². The van der Waals surface area contributed by atoms with Gasteiger partial charge < -0.3 is 19.5 Å². The number of nitrogens with two attached hydrogens (primary N) is 1. The minimum absolute atomic E-state index is 0.373. The number of ether oxygens (including phenoxy) is 3. The van der Waals surface area contributed by atoms with Crippen LogP contribution in [0.4, 0.5) is 0 Å². The maximum absolute atomic E-state index is 6.23. The Balaban J connectivity index is 1.66. The lowest BCUT2D eigenvalue weighted by molar-refractivity contribution is -0.676. The molecule has 0 radical (unpaired) electrons. The topological polar surface area (TPSA) is 44.3 Å². The molecule has 1 fully saturated rings. The highest BCUT2D eigenvalue weighted by Crippen LogP contribution is 2.32. The molecule has 1 atom stereocenters. The molecular weight excluding hydrogens is 338 g/mol. The lowest BCUT2D eigenvalue weighted by Gasteiger charge is -2.15. The van der Waals surface area contributed by atoms with Gasteiger partial charge in [0.1, 0.15) is 25.8 Å². The molecule has 1 saturated heterocycles. The Morgan fingerprint density at radius 1 is 1.16 bits per heavy atom. The van der Waals surface area contributed by atoms with Crippen molar-refractivity contribution in [3.63, 3.8) is 0 Å². The number of rotatable bonds is 8. The molecular formula is C20H25ClNO3+. The predicted octanol–water partition coefficient (Wildman–Crippen LogP) is 3.17. The summed E-state index contributed by atoms with van der Waals surface area (Å²) < 4.78 is 17.3. The molecule has 1 aliphatic heterocycles. The van der Waals surface area contributed by atoms with E-state index in [1.165, 1.54) is 6.42 Å². The van der Waals surface area contributed by atoms with E-state index in [1.54, 1.807) is 7.11 Å². The fraction of sp³-hybridized carbons (Fsp3) is 0.400. The summed E-state index contributed by atoms with van der Waals surface area (Å²) in [6.45, 7) is 3.11. The second-order valence-corrected chi connectivity index (χ2v) is 6.60. The van der Waals surface area contributed by atoms with Crippen LogP contribution in [0, 0.1) is 0 Å². The largest absolute Gasteiger partial charge is 0.493 e. The van der Waals surface area contributed by atoms with Crippen molar-refractivity contribution in [2.24, 2.45) is 0 Å². The van der Waals surface area contributed by atoms with Crippen LogP contribution in [0.3, 0.4) is 0 Å². The maximum Gasteiger partial charge on any atom is 0.170 e. The first-order valence-electron chi connectivity index (χ1n) is 8.73. The number of benzene rings is 2. The predicted molar refractivity (Wildman–Crippen MR) is 98.2 cm³/mol. The molecule has 25 heavy (non-hydrogen) atoms. The molecule has 0 spiro atoms. The Kier molecular flexibility index (Phi) is 6.56. The molecule has 2 N–H and O–H groups in total. The van der Waals surface area contributed by atoms with Gasteiger partial charge in [0, 0.05) is 17.2 Å². The Morgan fingerprint density at radius 3 is 2.76 bits per heavy atom. The first-order valence-corrected chi connectivity index (χ1v) is 9.11. The molecule has 1 aliphatic rings. The normalized spacial score (nSPS) is 16.8. The summed E-state index contributed by atoms with van der Waals surface area (Å²) in [6.07, 6.45) is 2.70. The van der Waals surface area contributed by atoms with Crippen LogP contribution in [0.1, 0.15) is 24.0 Å². The lowest BCUT2D eigenvalue weighted by atomic mass is 10.1. The van der Waals surface area contributed by atoms with Crippen LogP contribution in [0.15, 0.2) is 42.5 Å². The van der Waals surface area contributed by atoms with Crippen molar-refractivity contribution in [1.29, 1.82) is 0 Å². The smallest absolute Gasteiger partial charge is 0.170 e. The summed E-state index contributed by atoms with van der Waals surface area (Å²) in [6, 6.07) is 13.7. The van der Waals surface area contributed by atoms with Crippen molar-refractivity contribution in [2.75, 3.05) is 20.3 Å². The molecule has 3 rings (SSSR count). The summed E-state index contributed by atoms with van der Waals surface area (Å²) in [5.74, 6) is 1.53. The maximum atomic E-state index is 6.23. The molecule has 0 amide bonds. The molecule has 5 heteroatoms. The van der Waals surface area contributed by atoms with Gasteiger partial charge in [-0.2, -0.15) is 0 Å². The number of para-hydroxylation sites is 1. The fourth-order valence-electron chi connectivity index (χ4n) is 3.07. The van der Waals surface area contributed by atoms with Gasteiger partial charge in [0.05, 0.1) is 12.7 Å². The summed E-state index contributed by atoms with van der Waals surface area (Å²) >= 11 is 6.23. The van der Waals surface area contributed by atoms with Crippen molar-refractivity contribution in [3.8, 4) is 11.5 Å². The van der Waals surface area contributed by atoms with E-state index >= 15 is 0 Å². The first-order chi connectivity index (χ1) is 12.3. The first kappa shape index (κ1) is 18.1. The van der Waals surface area contributed by atoms with Crippen LogP contribution in [-0.2, 0) is 17.9 Å². The van der Waals surface area contributed by atoms with Gasteiger partial charge >= 0.3 is 0 Å². The summed E-state index contributed by atoms with van der Waals surface area (Å²) in [7, 11) is 1.66. The van der Waals surface area contributed by atoms with E-state index in [2.05, 4.69) is 11.4 Å². The zero-order valence-electron chi connectivity index (χ0n) is 14.5. The van der Waals surface area contributed by atoms with Crippen LogP contribution in [0.5, 0.6) is 11.5 Å². The lowest BCUT2D eigenvalue weighted by Crippen LogP contribution is -2.84. The second kappa shape index (κ2) is 9.09. The molecule has 0 bridgehead atoms. The Morgan fingerprint density at radius 2 is 2.00 bits per heavy atom. The third-order valence-electron chi connectivity index (χ3n) is 4.43. The summed E-state index contributed by atoms with van der Waals surface area (Å²) in [5.41, 5.74) is 2.08. The number of hydrogen-bond acceptors (Lipinski definition) is 3. The van der Waals surface area contributed by atoms with Gasteiger partial charge in [0.2, 0.25) is 0 Å². The summed E-state index contributed by atoms with van der Waals surface area (Å²) in [4.78, 5) is 0. The quantitative estimate of drug-likeness (QED) is 0.784. The minimum atomic E-state index is 0.373. The standard InChI is InChI=1S/C20H24ClNO3/c1-23-19-10-4-7-15(12-22-13-17-8-5-11-24-17)20(19)25-14-16-6-2-3-9-18(16)21/h2-4,6-7,9-10,17,22H,5,8,11-14H2,1H3/p+1/t17-/m0/s1. The molecule has 0 aromatic heterocycles. The van der Waals surface area contributed by atoms with Crippen LogP contribution < -0.4 is 14.8 Å². The van der Waals surface area contributed by atoms with Crippen molar-refractivity contribution in [3.05, 3.63) is 58.6 Å². The minimum Gasteiger partial charge on any atom is -0.493 e. The average Bonchev–Trinajstić information content (AvgIpc) is 3.15. The van der Waals surface area contributed by atoms with E-state index in [1.807, 2.05) is 36.4 Å². The SMILES string of the molecule is COc1cccc(C[NH2+]C[C@@H]2CCCO2)c1OCc1ccccc1Cl. The van der Waals surface area contributed by atoms with Gasteiger partial charge in [-0.1, -0.05) is 35.9 Å². The number of quaternary nitrogens is 1. The molecule has 0 aliphatic carbocycles. The summed E-state index contributed by atoms with van der Waals surface area (Å²) in [5, 5.41) is 2.98. The highest BCUT2D eigenvalue weighted by Gasteiger charge is 2.18. The molecule has 134 valence electrons. The van der Waals surface area contributed by atoms with E-state index in [-0.39, 0.29) is 0 Å². The Bertz CT molecular complexity index is 686. The van der Waals surface area contributed by atoms with Crippen molar-refractivity contribution in [1.82, 2.24) is 0 Å². The van der Waals surface area contributed by atoms with Gasteiger partial charge in [0.15, 0.2) is 11.5 Å². The van der Waals surface area contributed by atoms with E-state index in [4.69, 9.17) is 25.8 Å². The van der Waals surface area contributed by atoms with Crippen molar-refractivity contribution >= 4 is 11.6 Å². The highest BCUT2D eigenvalue weighted by molar-refractivity contribution is 6.31. The van der Waals surface area contributed by atoms with Gasteiger partial charge in [-0.25, -0.2) is 0 Å². The van der Waals surface area contributed by atoms with E-state index in [9.17, 15) is 0 Å². The van der Waals surface area contributed by atoms with Gasteiger partial charge in [-0.05, 0) is 31.0 Å². The van der Waals surface area contributed by atoms with Crippen LogP contribution >= 0.6 is 11.6 Å². The molecule has 2 aromatic rings. The molecule has 4 nitrogen and oxygen atoms in total. The fourth-order valence-corrected chi connectivity index (χ4v) is 3.26. The third kappa shape index (κ3) is 4.88. The van der Waals surface area contributed by atoms with Gasteiger partial charge in [-0.15, -0.1) is 0 Å². The van der Waals surface area contributed by atoms with E-state index in [0.717, 1.165) is 48.7 Å². The molecule has 0 unspecified atom stereocenters. The second-order valence-electron chi connectivity index (χ2n) is 6.19. The number of hydrogen-bond donors (Lipinski definition) is 1. The molecule has 2 aromatic carbocycles.